The van der Waals surface area contributed by atoms with E-state index in [0.717, 1.165) is 0 Å². The molecule has 96 valence electrons. The van der Waals surface area contributed by atoms with Gasteiger partial charge in [-0.1, -0.05) is 0 Å². The molecule has 0 aromatic carbocycles. The van der Waals surface area contributed by atoms with Crippen molar-refractivity contribution in [1.82, 2.24) is 0 Å². The zero-order valence-corrected chi connectivity index (χ0v) is 11.1. The van der Waals surface area contributed by atoms with Crippen LogP contribution in [0.5, 0.6) is 0 Å². The summed E-state index contributed by atoms with van der Waals surface area (Å²) in [5, 5.41) is 0. The van der Waals surface area contributed by atoms with E-state index in [4.69, 9.17) is 17.5 Å². The van der Waals surface area contributed by atoms with E-state index in [9.17, 15) is 0 Å². The van der Waals surface area contributed by atoms with Crippen LogP contribution in [0.1, 0.15) is 0 Å². The largest absolute Gasteiger partial charge is 3.00 e. The molecule has 0 spiro atoms. The van der Waals surface area contributed by atoms with Crippen molar-refractivity contribution in [2.24, 2.45) is 0 Å². The Kier molecular flexibility index (Phi) is 415. The van der Waals surface area contributed by atoms with Gasteiger partial charge in [-0.15, -0.1) is 0 Å². The summed E-state index contributed by atoms with van der Waals surface area (Å²) >= 11 is 0. The molecule has 14 heteroatoms. The van der Waals surface area contributed by atoms with Crippen LogP contribution in [0, 0.1) is 41.3 Å². The molecule has 0 aromatic rings. The Morgan fingerprint density at radius 2 is 0.571 bits per heavy atom. The van der Waals surface area contributed by atoms with Crippen molar-refractivity contribution >= 4 is 10.4 Å². The van der Waals surface area contributed by atoms with Gasteiger partial charge in [-0.2, -0.15) is 0 Å². The summed E-state index contributed by atoms with van der Waals surface area (Å²) < 4.78 is 34.1. The summed E-state index contributed by atoms with van der Waals surface area (Å²) in [5.41, 5.74) is 0. The molecule has 0 saturated heterocycles. The van der Waals surface area contributed by atoms with Gasteiger partial charge in [0.25, 0.3) is 0 Å². The van der Waals surface area contributed by atoms with Crippen LogP contribution in [0.2, 0.25) is 0 Å². The van der Waals surface area contributed by atoms with Crippen LogP contribution in [0.25, 0.3) is 0 Å². The van der Waals surface area contributed by atoms with Gasteiger partial charge in [-0.3, -0.25) is 8.42 Å². The molecule has 0 fully saturated rings. The Morgan fingerprint density at radius 3 is 0.571 bits per heavy atom. The molecule has 0 aliphatic carbocycles. The van der Waals surface area contributed by atoms with Gasteiger partial charge in [-0.05, 0) is 0 Å². The fraction of sp³-hybridized carbons (Fsp3) is 0. The summed E-state index contributed by atoms with van der Waals surface area (Å²) in [6.07, 6.45) is 0. The van der Waals surface area contributed by atoms with Gasteiger partial charge in [0, 0.05) is 10.4 Å². The van der Waals surface area contributed by atoms with Crippen molar-refractivity contribution in [3.8, 4) is 0 Å². The van der Waals surface area contributed by atoms with Crippen molar-refractivity contribution in [2.75, 3.05) is 0 Å². The fourth-order valence-corrected chi connectivity index (χ4v) is 0. The van der Waals surface area contributed by atoms with E-state index >= 15 is 0 Å². The standard InChI is InChI=1S/H2O4S.8H2O.Pr/c1-5(2,3)4;;;;;;;;;/h(H2,1,2,3,4);8*1H2;/q;;;;;;;;;+3/p-2. The molecule has 0 atom stereocenters. The average molecular weight is 381 g/mol. The van der Waals surface area contributed by atoms with Crippen LogP contribution in [0.3, 0.4) is 0 Å². The first-order valence-corrected chi connectivity index (χ1v) is 2.00. The van der Waals surface area contributed by atoms with Gasteiger partial charge in [-0.25, -0.2) is 0 Å². The molecule has 0 amide bonds. The molecule has 16 N–H and O–H groups in total. The van der Waals surface area contributed by atoms with E-state index in [0.29, 0.717) is 0 Å². The van der Waals surface area contributed by atoms with E-state index in [1.54, 1.807) is 0 Å². The molecule has 0 heterocycles. The molecule has 0 radical (unpaired) electrons. The van der Waals surface area contributed by atoms with Gasteiger partial charge in [0.2, 0.25) is 0 Å². The summed E-state index contributed by atoms with van der Waals surface area (Å²) in [6.45, 7) is 0. The van der Waals surface area contributed by atoms with Crippen LogP contribution in [-0.4, -0.2) is 61.3 Å². The average Bonchev–Trinajstić information content (AvgIpc) is 0.722. The van der Waals surface area contributed by atoms with Crippen molar-refractivity contribution in [1.29, 1.82) is 0 Å². The zero-order valence-electron chi connectivity index (χ0n) is 6.62. The second kappa shape index (κ2) is 48.5. The first kappa shape index (κ1) is 120. The van der Waals surface area contributed by atoms with Crippen LogP contribution in [-0.2, 0) is 10.4 Å². The zero-order chi connectivity index (χ0) is 4.50. The quantitative estimate of drug-likeness (QED) is 0.291. The third-order valence-corrected chi connectivity index (χ3v) is 0. The number of rotatable bonds is 0. The first-order chi connectivity index (χ1) is 2.00. The van der Waals surface area contributed by atoms with E-state index in [1.165, 1.54) is 0 Å². The van der Waals surface area contributed by atoms with E-state index < -0.39 is 10.4 Å². The second-order valence-electron chi connectivity index (χ2n) is 0.408. The number of hydrogen-bond acceptors (Lipinski definition) is 4. The van der Waals surface area contributed by atoms with E-state index in [2.05, 4.69) is 0 Å². The van der Waals surface area contributed by atoms with Crippen LogP contribution in [0.4, 0.5) is 0 Å². The van der Waals surface area contributed by atoms with Gasteiger partial charge in [0.1, 0.15) is 0 Å². The van der Waals surface area contributed by atoms with Crippen LogP contribution in [0.15, 0.2) is 0 Å². The minimum atomic E-state index is -5.17. The third-order valence-electron chi connectivity index (χ3n) is 0. The Hall–Kier alpha value is 0.914. The molecule has 0 bridgehead atoms. The molecule has 0 aliphatic heterocycles. The minimum Gasteiger partial charge on any atom is -0.759 e. The molecule has 0 aromatic heterocycles. The first-order valence-electron chi connectivity index (χ1n) is 0.667. The normalized spacial score (nSPS) is 4.14. The van der Waals surface area contributed by atoms with E-state index in [-0.39, 0.29) is 85.1 Å². The number of hydrogen-bond donors (Lipinski definition) is 0. The SMILES string of the molecule is O.O.O.O.O.O.O.O.O=S(=O)([O-])[O-].[Pr+3]. The Morgan fingerprint density at radius 1 is 0.571 bits per heavy atom. The van der Waals surface area contributed by atoms with Gasteiger partial charge >= 0.3 is 41.3 Å². The maximum atomic E-state index is 8.52. The van der Waals surface area contributed by atoms with Gasteiger partial charge in [0.05, 0.1) is 0 Å². The molecule has 0 saturated carbocycles. The minimum absolute atomic E-state index is 0. The summed E-state index contributed by atoms with van der Waals surface area (Å²) in [4.78, 5) is 0. The summed E-state index contributed by atoms with van der Waals surface area (Å²) in [7, 11) is -5.17. The molecular formula is H16O12PrS+. The predicted molar refractivity (Wildman–Crippen MR) is 39.4 cm³/mol. The maximum absolute atomic E-state index is 8.52. The van der Waals surface area contributed by atoms with Crippen molar-refractivity contribution < 1.29 is 103 Å². The van der Waals surface area contributed by atoms with E-state index in [1.807, 2.05) is 0 Å². The van der Waals surface area contributed by atoms with Gasteiger partial charge < -0.3 is 52.9 Å². The van der Waals surface area contributed by atoms with Crippen molar-refractivity contribution in [3.63, 3.8) is 0 Å². The second-order valence-corrected chi connectivity index (χ2v) is 1.22. The molecule has 0 rings (SSSR count). The maximum Gasteiger partial charge on any atom is 3.00 e. The van der Waals surface area contributed by atoms with Crippen LogP contribution < -0.4 is 0 Å². The summed E-state index contributed by atoms with van der Waals surface area (Å²) in [6, 6.07) is 0. The molecular weight excluding hydrogens is 365 g/mol. The smallest absolute Gasteiger partial charge is 0.759 e. The Bertz CT molecular complexity index is 93.5. The Labute approximate surface area is 112 Å². The molecule has 14 heavy (non-hydrogen) atoms. The Balaban J connectivity index is -0.00000000222. The van der Waals surface area contributed by atoms with Crippen molar-refractivity contribution in [3.05, 3.63) is 0 Å². The fourth-order valence-electron chi connectivity index (χ4n) is 0. The molecule has 0 unspecified atom stereocenters. The summed E-state index contributed by atoms with van der Waals surface area (Å²) in [5.74, 6) is 0. The molecule has 0 aliphatic rings. The predicted octanol–water partition coefficient (Wildman–Crippen LogP) is -7.94. The monoisotopic (exact) mass is 381 g/mol. The topological polar surface area (TPSA) is 332 Å². The molecule has 12 nitrogen and oxygen atoms in total. The third kappa shape index (κ3) is 2200. The van der Waals surface area contributed by atoms with Crippen LogP contribution >= 0.6 is 0 Å². The van der Waals surface area contributed by atoms with Crippen molar-refractivity contribution in [2.45, 2.75) is 0 Å². The van der Waals surface area contributed by atoms with Gasteiger partial charge in [0.15, 0.2) is 0 Å².